The van der Waals surface area contributed by atoms with E-state index in [9.17, 15) is 34.8 Å². The van der Waals surface area contributed by atoms with Gasteiger partial charge >= 0.3 is 0 Å². The first-order valence-electron chi connectivity index (χ1n) is 13.5. The molecule has 0 aromatic heterocycles. The van der Waals surface area contributed by atoms with Crippen LogP contribution >= 0.6 is 0 Å². The van der Waals surface area contributed by atoms with Gasteiger partial charge in [0.1, 0.15) is 22.8 Å². The number of ether oxygens (including phenoxy) is 3. The molecule has 1 fully saturated rings. The van der Waals surface area contributed by atoms with Crippen LogP contribution in [0.1, 0.15) is 79.9 Å². The van der Waals surface area contributed by atoms with Crippen molar-refractivity contribution in [3.05, 3.63) is 51.6 Å². The van der Waals surface area contributed by atoms with Crippen molar-refractivity contribution in [1.82, 2.24) is 0 Å². The van der Waals surface area contributed by atoms with E-state index in [-0.39, 0.29) is 23.1 Å². The third kappa shape index (κ3) is 3.81. The summed E-state index contributed by atoms with van der Waals surface area (Å²) in [5.41, 5.74) is 1.76. The smallest absolute Gasteiger partial charge is 0.202 e. The van der Waals surface area contributed by atoms with Crippen LogP contribution in [0.4, 0.5) is 0 Å². The van der Waals surface area contributed by atoms with E-state index in [1.54, 1.807) is 6.92 Å². The molecule has 11 nitrogen and oxygen atoms in total. The molecule has 3 aliphatic rings. The number of aliphatic hydroxyl groups excluding tert-OH is 1. The average molecular weight is 532 g/mol. The van der Waals surface area contributed by atoms with Crippen LogP contribution in [-0.2, 0) is 20.7 Å². The maximum Gasteiger partial charge on any atom is 0.202 e. The fraction of sp³-hybridized carbons (Fsp3) is 0.444. The Morgan fingerprint density at radius 1 is 1.18 bits per heavy atom. The molecule has 1 aliphatic heterocycles. The van der Waals surface area contributed by atoms with Gasteiger partial charge in [-0.1, -0.05) is 12.1 Å². The third-order valence-electron chi connectivity index (χ3n) is 7.69. The Balaban J connectivity index is 1.68. The topological polar surface area (TPSA) is 186 Å². The average Bonchev–Trinajstić information content (AvgIpc) is 2.86. The predicted molar refractivity (Wildman–Crippen MR) is 130 cm³/mol. The molecule has 2 aliphatic carbocycles. The molecule has 6 N–H and O–H groups in total. The van der Waals surface area contributed by atoms with Crippen molar-refractivity contribution in [3.8, 4) is 17.2 Å². The summed E-state index contributed by atoms with van der Waals surface area (Å²) in [5, 5.41) is 44.2. The molecule has 38 heavy (non-hydrogen) atoms. The monoisotopic (exact) mass is 531 g/mol. The van der Waals surface area contributed by atoms with Gasteiger partial charge in [-0.15, -0.1) is 0 Å². The number of methoxy groups -OCH3 is 1. The molecule has 0 bridgehead atoms. The summed E-state index contributed by atoms with van der Waals surface area (Å²) < 4.78 is 39.0. The van der Waals surface area contributed by atoms with Crippen molar-refractivity contribution in [2.75, 3.05) is 7.04 Å². The van der Waals surface area contributed by atoms with Gasteiger partial charge in [0.25, 0.3) is 0 Å². The second kappa shape index (κ2) is 9.14. The second-order valence-corrected chi connectivity index (χ2v) is 10.0. The van der Waals surface area contributed by atoms with E-state index in [1.807, 2.05) is 0 Å². The number of carbonyl (C=O) groups excluding carboxylic acids is 3. The number of carbonyl (C=O) groups is 3. The first-order chi connectivity index (χ1) is 19.0. The summed E-state index contributed by atoms with van der Waals surface area (Å²) in [7, 11) is -2.96. The lowest BCUT2D eigenvalue weighted by Gasteiger charge is -2.42. The van der Waals surface area contributed by atoms with Crippen molar-refractivity contribution in [1.29, 1.82) is 0 Å². The Bertz CT molecular complexity index is 1460. The largest absolute Gasteiger partial charge is 0.507 e. The molecule has 6 atom stereocenters. The summed E-state index contributed by atoms with van der Waals surface area (Å²) in [6, 6.07) is 3.00. The normalized spacial score (nSPS) is 31.8. The van der Waals surface area contributed by atoms with Crippen molar-refractivity contribution in [2.45, 2.75) is 69.4 Å². The Hall–Kier alpha value is -3.35. The lowest BCUT2D eigenvalue weighted by molar-refractivity contribution is -0.247. The summed E-state index contributed by atoms with van der Waals surface area (Å²) in [6.45, 7) is 2.71. The number of phenols is 2. The van der Waals surface area contributed by atoms with Crippen molar-refractivity contribution >= 4 is 17.3 Å². The number of phenolic OH excluding ortho intramolecular Hbond substituents is 2. The molecule has 1 unspecified atom stereocenters. The van der Waals surface area contributed by atoms with Gasteiger partial charge < -0.3 is 40.4 Å². The number of rotatable bonds is 4. The second-order valence-electron chi connectivity index (χ2n) is 10.0. The van der Waals surface area contributed by atoms with E-state index in [2.05, 4.69) is 0 Å². The van der Waals surface area contributed by atoms with Gasteiger partial charge in [0.2, 0.25) is 5.78 Å². The van der Waals surface area contributed by atoms with Crippen LogP contribution in [0.15, 0.2) is 18.2 Å². The Morgan fingerprint density at radius 2 is 1.89 bits per heavy atom. The highest BCUT2D eigenvalue weighted by Gasteiger charge is 2.49. The minimum atomic E-state index is -2.96. The third-order valence-corrected chi connectivity index (χ3v) is 7.69. The molecule has 0 amide bonds. The van der Waals surface area contributed by atoms with E-state index >= 15 is 0 Å². The highest BCUT2D eigenvalue weighted by Crippen LogP contribution is 2.52. The molecule has 1 saturated heterocycles. The number of ketones is 3. The van der Waals surface area contributed by atoms with Crippen LogP contribution in [0.5, 0.6) is 17.2 Å². The molecular weight excluding hydrogens is 499 g/mol. The molecule has 202 valence electrons. The van der Waals surface area contributed by atoms with Crippen LogP contribution in [0.3, 0.4) is 0 Å². The predicted octanol–water partition coefficient (Wildman–Crippen LogP) is 1.03. The molecule has 5 rings (SSSR count). The Kier molecular flexibility index (Phi) is 5.44. The summed E-state index contributed by atoms with van der Waals surface area (Å²) in [6.07, 6.45) is -5.01. The number of hydrogen-bond acceptors (Lipinski definition) is 11. The molecular formula is C27H29NO10. The number of Topliss-reactive ketones (excluding diaryl/α,β-unsaturated/α-hetero) is 1. The van der Waals surface area contributed by atoms with E-state index in [4.69, 9.17) is 24.1 Å². The van der Waals surface area contributed by atoms with E-state index in [1.165, 1.54) is 18.2 Å². The van der Waals surface area contributed by atoms with Crippen molar-refractivity contribution in [2.24, 2.45) is 5.73 Å². The number of hydrogen-bond donors (Lipinski definition) is 5. The quantitative estimate of drug-likeness (QED) is 0.239. The molecule has 11 heteroatoms. The Morgan fingerprint density at radius 3 is 2.55 bits per heavy atom. The highest BCUT2D eigenvalue weighted by atomic mass is 16.7. The van der Waals surface area contributed by atoms with Gasteiger partial charge in [0.15, 0.2) is 17.9 Å². The fourth-order valence-corrected chi connectivity index (χ4v) is 5.57. The van der Waals surface area contributed by atoms with Gasteiger partial charge in [0.05, 0.1) is 46.2 Å². The molecule has 2 aromatic rings. The molecule has 0 radical (unpaired) electrons. The highest BCUT2D eigenvalue weighted by molar-refractivity contribution is 6.31. The number of nitrogens with two attached hydrogens (primary N) is 1. The summed E-state index contributed by atoms with van der Waals surface area (Å²) in [5.74, 6) is -4.46. The lowest BCUT2D eigenvalue weighted by Crippen LogP contribution is -2.52. The van der Waals surface area contributed by atoms with Crippen LogP contribution in [0, 0.1) is 0 Å². The lowest BCUT2D eigenvalue weighted by atomic mass is 9.72. The molecule has 0 spiro atoms. The maximum atomic E-state index is 13.8. The van der Waals surface area contributed by atoms with Gasteiger partial charge in [-0.3, -0.25) is 14.4 Å². The van der Waals surface area contributed by atoms with E-state index < -0.39 is 107 Å². The molecule has 0 saturated carbocycles. The first kappa shape index (κ1) is 22.6. The summed E-state index contributed by atoms with van der Waals surface area (Å²) in [4.78, 5) is 39.9. The zero-order valence-corrected chi connectivity index (χ0v) is 20.6. The number of fused-ring (bicyclic) bond motifs is 3. The minimum Gasteiger partial charge on any atom is -0.507 e. The SMILES string of the molecule is [2H][13C]([2H])([2H])Oc1cccc2c1C(=O)c1c(O)c3c(c(O)c1C2=O)C[C@@](O)(C(C)=O)C[C@@H]3O[C@H]1C[C@@H](N)[C@H](O)C(C)O1. The summed E-state index contributed by atoms with van der Waals surface area (Å²) >= 11 is 0. The van der Waals surface area contributed by atoms with Crippen LogP contribution in [0.25, 0.3) is 0 Å². The Labute approximate surface area is 222 Å². The van der Waals surface area contributed by atoms with Gasteiger partial charge in [0, 0.05) is 42.0 Å². The van der Waals surface area contributed by atoms with Crippen molar-refractivity contribution in [3.63, 3.8) is 0 Å². The zero-order valence-electron chi connectivity index (χ0n) is 23.6. The number of aromatic hydroxyl groups is 2. The van der Waals surface area contributed by atoms with Crippen molar-refractivity contribution < 1.29 is 53.1 Å². The van der Waals surface area contributed by atoms with E-state index in [0.717, 1.165) is 6.92 Å². The van der Waals surface area contributed by atoms with Gasteiger partial charge in [-0.05, 0) is 19.9 Å². The van der Waals surface area contributed by atoms with Crippen LogP contribution in [-0.4, -0.2) is 75.0 Å². The van der Waals surface area contributed by atoms with Gasteiger partial charge in [-0.25, -0.2) is 0 Å². The van der Waals surface area contributed by atoms with Crippen LogP contribution < -0.4 is 10.5 Å². The number of aliphatic hydroxyl groups is 2. The standard InChI is InChI=1S/C27H29NO10/c1-10-22(30)14(28)7-17(37-10)38-16-9-27(35,11(2)29)8-13-19(16)26(34)21-20(24(13)32)23(31)12-5-4-6-15(36-3)18(12)25(21)33/h4-6,10,14,16-17,22,30,32,34-35H,7-9,28H2,1-3H3/t10?,14-,16+,17+,22-,27+/m1/s1/i3+1D3. The van der Waals surface area contributed by atoms with Gasteiger partial charge in [-0.2, -0.15) is 0 Å². The van der Waals surface area contributed by atoms with Crippen LogP contribution in [0.2, 0.25) is 0 Å². The van der Waals surface area contributed by atoms with E-state index in [0.29, 0.717) is 0 Å². The zero-order chi connectivity index (χ0) is 30.2. The number of benzene rings is 2. The molecule has 2 aromatic carbocycles. The maximum absolute atomic E-state index is 13.8. The molecule has 1 heterocycles. The fourth-order valence-electron chi connectivity index (χ4n) is 5.57. The first-order valence-corrected chi connectivity index (χ1v) is 12.0. The minimum absolute atomic E-state index is 0.00807.